The van der Waals surface area contributed by atoms with Crippen LogP contribution in [-0.2, 0) is 4.79 Å². The van der Waals surface area contributed by atoms with Crippen molar-refractivity contribution in [3.8, 4) is 0 Å². The van der Waals surface area contributed by atoms with Crippen molar-refractivity contribution >= 4 is 5.97 Å². The summed E-state index contributed by atoms with van der Waals surface area (Å²) in [6, 6.07) is 0. The highest BCUT2D eigenvalue weighted by molar-refractivity contribution is 5.88. The third kappa shape index (κ3) is 2.58. The molecular formula is C11H18O2. The van der Waals surface area contributed by atoms with Gasteiger partial charge in [0.15, 0.2) is 0 Å². The Labute approximate surface area is 79.6 Å². The number of hydrogen-bond acceptors (Lipinski definition) is 1. The number of carboxylic acids is 1. The molecule has 13 heavy (non-hydrogen) atoms. The molecule has 1 aliphatic rings. The summed E-state index contributed by atoms with van der Waals surface area (Å²) in [4.78, 5) is 10.5. The van der Waals surface area contributed by atoms with Crippen LogP contribution in [0, 0.1) is 11.8 Å². The second kappa shape index (κ2) is 4.45. The van der Waals surface area contributed by atoms with E-state index in [0.29, 0.717) is 11.5 Å². The lowest BCUT2D eigenvalue weighted by molar-refractivity contribution is -0.133. The molecule has 0 aliphatic heterocycles. The van der Waals surface area contributed by atoms with Gasteiger partial charge in [-0.25, -0.2) is 4.79 Å². The van der Waals surface area contributed by atoms with Crippen molar-refractivity contribution in [2.45, 2.75) is 39.5 Å². The molecule has 0 bridgehead atoms. The van der Waals surface area contributed by atoms with Gasteiger partial charge in [0.25, 0.3) is 0 Å². The Bertz CT molecular complexity index is 214. The summed E-state index contributed by atoms with van der Waals surface area (Å²) >= 11 is 0. The lowest BCUT2D eigenvalue weighted by Crippen LogP contribution is -2.19. The zero-order valence-corrected chi connectivity index (χ0v) is 8.42. The highest BCUT2D eigenvalue weighted by Crippen LogP contribution is 2.33. The van der Waals surface area contributed by atoms with Gasteiger partial charge in [-0.05, 0) is 24.7 Å². The van der Waals surface area contributed by atoms with Crippen LogP contribution in [0.5, 0.6) is 0 Å². The summed E-state index contributed by atoms with van der Waals surface area (Å²) in [5, 5.41) is 8.63. The average molecular weight is 182 g/mol. The summed E-state index contributed by atoms with van der Waals surface area (Å²) in [5.74, 6) is 0.577. The predicted molar refractivity (Wildman–Crippen MR) is 52.5 cm³/mol. The van der Waals surface area contributed by atoms with Crippen LogP contribution < -0.4 is 0 Å². The van der Waals surface area contributed by atoms with Gasteiger partial charge < -0.3 is 5.11 Å². The molecule has 0 aromatic heterocycles. The van der Waals surface area contributed by atoms with Gasteiger partial charge in [0, 0.05) is 5.57 Å². The molecule has 0 radical (unpaired) electrons. The Kier molecular flexibility index (Phi) is 3.52. The van der Waals surface area contributed by atoms with E-state index in [4.69, 9.17) is 5.11 Å². The van der Waals surface area contributed by atoms with Gasteiger partial charge in [0.1, 0.15) is 0 Å². The standard InChI is InChI=1S/C11H18O2/c1-3-8(4-2)5-9-6-10(7-9)11(12)13/h6,8-9H,3-5,7H2,1-2H3,(H,12,13)/t9-/m1/s1. The predicted octanol–water partition coefficient (Wildman–Crippen LogP) is 2.84. The first-order chi connectivity index (χ1) is 6.17. The van der Waals surface area contributed by atoms with Crippen molar-refractivity contribution in [3.63, 3.8) is 0 Å². The molecule has 74 valence electrons. The smallest absolute Gasteiger partial charge is 0.331 e. The monoisotopic (exact) mass is 182 g/mol. The van der Waals surface area contributed by atoms with E-state index < -0.39 is 5.97 Å². The molecule has 0 saturated heterocycles. The van der Waals surface area contributed by atoms with Crippen molar-refractivity contribution in [2.75, 3.05) is 0 Å². The van der Waals surface area contributed by atoms with E-state index in [9.17, 15) is 4.79 Å². The summed E-state index contributed by atoms with van der Waals surface area (Å²) in [5.41, 5.74) is 0.607. The molecule has 1 aliphatic carbocycles. The number of hydrogen-bond donors (Lipinski definition) is 1. The zero-order chi connectivity index (χ0) is 9.84. The van der Waals surface area contributed by atoms with Crippen molar-refractivity contribution in [3.05, 3.63) is 11.6 Å². The first kappa shape index (κ1) is 10.3. The molecular weight excluding hydrogens is 164 g/mol. The molecule has 0 spiro atoms. The molecule has 0 aromatic rings. The molecule has 0 unspecified atom stereocenters. The van der Waals surface area contributed by atoms with Crippen molar-refractivity contribution < 1.29 is 9.90 Å². The van der Waals surface area contributed by atoms with E-state index in [-0.39, 0.29) is 0 Å². The maximum Gasteiger partial charge on any atom is 0.331 e. The van der Waals surface area contributed by atoms with Gasteiger partial charge in [0.2, 0.25) is 0 Å². The third-order valence-electron chi connectivity index (χ3n) is 2.98. The number of rotatable bonds is 5. The van der Waals surface area contributed by atoms with Gasteiger partial charge in [-0.2, -0.15) is 0 Å². The number of aliphatic carboxylic acids is 1. The third-order valence-corrected chi connectivity index (χ3v) is 2.98. The van der Waals surface area contributed by atoms with Crippen LogP contribution in [0.1, 0.15) is 39.5 Å². The van der Waals surface area contributed by atoms with Crippen LogP contribution >= 0.6 is 0 Å². The van der Waals surface area contributed by atoms with E-state index in [2.05, 4.69) is 13.8 Å². The largest absolute Gasteiger partial charge is 0.478 e. The number of carbonyl (C=O) groups is 1. The Morgan fingerprint density at radius 2 is 2.15 bits per heavy atom. The first-order valence-corrected chi connectivity index (χ1v) is 5.11. The summed E-state index contributed by atoms with van der Waals surface area (Å²) in [7, 11) is 0. The van der Waals surface area contributed by atoms with E-state index in [0.717, 1.165) is 12.3 Å². The van der Waals surface area contributed by atoms with Gasteiger partial charge in [-0.1, -0.05) is 32.8 Å². The molecule has 0 heterocycles. The Hall–Kier alpha value is -0.790. The zero-order valence-electron chi connectivity index (χ0n) is 8.42. The van der Waals surface area contributed by atoms with Crippen LogP contribution in [0.4, 0.5) is 0 Å². The summed E-state index contributed by atoms with van der Waals surface area (Å²) in [6.07, 6.45) is 6.29. The summed E-state index contributed by atoms with van der Waals surface area (Å²) in [6.45, 7) is 4.41. The Balaban J connectivity index is 2.31. The van der Waals surface area contributed by atoms with Gasteiger partial charge in [-0.3, -0.25) is 0 Å². The van der Waals surface area contributed by atoms with Crippen LogP contribution in [0.25, 0.3) is 0 Å². The molecule has 2 heteroatoms. The topological polar surface area (TPSA) is 37.3 Å². The fourth-order valence-corrected chi connectivity index (χ4v) is 1.89. The highest BCUT2D eigenvalue weighted by atomic mass is 16.4. The fourth-order valence-electron chi connectivity index (χ4n) is 1.89. The molecule has 0 saturated carbocycles. The molecule has 0 fully saturated rings. The molecule has 0 aromatic carbocycles. The molecule has 1 atom stereocenters. The fraction of sp³-hybridized carbons (Fsp3) is 0.727. The second-order valence-corrected chi connectivity index (χ2v) is 3.88. The first-order valence-electron chi connectivity index (χ1n) is 5.11. The van der Waals surface area contributed by atoms with Gasteiger partial charge in [0.05, 0.1) is 0 Å². The molecule has 2 nitrogen and oxygen atoms in total. The van der Waals surface area contributed by atoms with E-state index in [1.807, 2.05) is 6.08 Å². The van der Waals surface area contributed by atoms with E-state index >= 15 is 0 Å². The minimum absolute atomic E-state index is 0.538. The quantitative estimate of drug-likeness (QED) is 0.709. The van der Waals surface area contributed by atoms with E-state index in [1.54, 1.807) is 0 Å². The van der Waals surface area contributed by atoms with Crippen molar-refractivity contribution in [1.82, 2.24) is 0 Å². The van der Waals surface area contributed by atoms with Gasteiger partial charge in [-0.15, -0.1) is 0 Å². The Morgan fingerprint density at radius 1 is 1.62 bits per heavy atom. The van der Waals surface area contributed by atoms with Crippen molar-refractivity contribution in [2.24, 2.45) is 11.8 Å². The Morgan fingerprint density at radius 3 is 2.54 bits per heavy atom. The van der Waals surface area contributed by atoms with Crippen LogP contribution in [0.2, 0.25) is 0 Å². The minimum atomic E-state index is -0.735. The van der Waals surface area contributed by atoms with Crippen LogP contribution in [-0.4, -0.2) is 11.1 Å². The molecule has 0 amide bonds. The SMILES string of the molecule is CCC(CC)C[C@@H]1C=C(C(=O)O)C1. The maximum atomic E-state index is 10.5. The minimum Gasteiger partial charge on any atom is -0.478 e. The van der Waals surface area contributed by atoms with Gasteiger partial charge >= 0.3 is 5.97 Å². The second-order valence-electron chi connectivity index (χ2n) is 3.88. The maximum absolute atomic E-state index is 10.5. The lowest BCUT2D eigenvalue weighted by atomic mass is 9.79. The van der Waals surface area contributed by atoms with Crippen LogP contribution in [0.3, 0.4) is 0 Å². The highest BCUT2D eigenvalue weighted by Gasteiger charge is 2.25. The molecule has 1 N–H and O–H groups in total. The lowest BCUT2D eigenvalue weighted by Gasteiger charge is -2.26. The van der Waals surface area contributed by atoms with E-state index in [1.165, 1.54) is 19.3 Å². The number of carboxylic acid groups (broad SMARTS) is 1. The average Bonchev–Trinajstić information content (AvgIpc) is 2.02. The normalized spacial score (nSPS) is 21.2. The number of allylic oxidation sites excluding steroid dienone is 1. The molecule has 1 rings (SSSR count). The van der Waals surface area contributed by atoms with Crippen molar-refractivity contribution in [1.29, 1.82) is 0 Å². The van der Waals surface area contributed by atoms with Crippen LogP contribution in [0.15, 0.2) is 11.6 Å². The summed E-state index contributed by atoms with van der Waals surface area (Å²) < 4.78 is 0.